The smallest absolute Gasteiger partial charge is 0.298 e. The van der Waals surface area contributed by atoms with Gasteiger partial charge in [0.25, 0.3) is 11.7 Å². The van der Waals surface area contributed by atoms with Gasteiger partial charge in [-0.2, -0.15) is 10.3 Å². The van der Waals surface area contributed by atoms with E-state index >= 15 is 0 Å². The highest BCUT2D eigenvalue weighted by Crippen LogP contribution is 1.99. The normalized spacial score (nSPS) is 9.71. The molecule has 0 aromatic carbocycles. The molecule has 0 bridgehead atoms. The van der Waals surface area contributed by atoms with Crippen LogP contribution in [0.5, 0.6) is 0 Å². The summed E-state index contributed by atoms with van der Waals surface area (Å²) in [5.74, 6) is -0.197. The van der Waals surface area contributed by atoms with Crippen molar-refractivity contribution in [1.29, 1.82) is 0 Å². The van der Waals surface area contributed by atoms with Crippen molar-refractivity contribution < 1.29 is 4.79 Å². The van der Waals surface area contributed by atoms with Crippen molar-refractivity contribution in [2.24, 2.45) is 0 Å². The van der Waals surface area contributed by atoms with Crippen LogP contribution in [0.15, 0.2) is 18.3 Å². The Kier molecular flexibility index (Phi) is 2.09. The highest BCUT2D eigenvalue weighted by atomic mass is 16.2. The molecule has 0 aliphatic carbocycles. The third kappa shape index (κ3) is 1.68. The Labute approximate surface area is 77.7 Å². The SMILES string of the molecule is O=C(Nc1cccnn1)c1nn[nH]n1. The summed E-state index contributed by atoms with van der Waals surface area (Å²) in [5, 5.41) is 22.1. The standard InChI is InChI=1S/C6H5N7O/c14-6(5-10-12-13-11-5)8-4-2-1-3-7-9-4/h1-3H,(H,8,9,14)(H,10,11,12,13). The second-order valence-electron chi connectivity index (χ2n) is 2.30. The summed E-state index contributed by atoms with van der Waals surface area (Å²) < 4.78 is 0. The lowest BCUT2D eigenvalue weighted by Gasteiger charge is -1.97. The Hall–Kier alpha value is -2.38. The summed E-state index contributed by atoms with van der Waals surface area (Å²) in [6.07, 6.45) is 1.50. The number of nitrogens with one attached hydrogen (secondary N) is 2. The molecule has 2 heterocycles. The minimum absolute atomic E-state index is 0.0457. The summed E-state index contributed by atoms with van der Waals surface area (Å²) in [5.41, 5.74) is 0. The van der Waals surface area contributed by atoms with Crippen LogP contribution >= 0.6 is 0 Å². The molecule has 0 aliphatic heterocycles. The Morgan fingerprint density at radius 1 is 1.43 bits per heavy atom. The molecule has 2 rings (SSSR count). The predicted octanol–water partition coefficient (Wildman–Crippen LogP) is -0.758. The van der Waals surface area contributed by atoms with E-state index in [2.05, 4.69) is 36.1 Å². The minimum atomic E-state index is -0.487. The highest BCUT2D eigenvalue weighted by Gasteiger charge is 2.10. The van der Waals surface area contributed by atoms with Gasteiger partial charge < -0.3 is 5.32 Å². The summed E-state index contributed by atoms with van der Waals surface area (Å²) in [6, 6.07) is 3.25. The molecule has 2 aromatic rings. The zero-order valence-corrected chi connectivity index (χ0v) is 6.88. The van der Waals surface area contributed by atoms with Crippen LogP contribution in [0.2, 0.25) is 0 Å². The van der Waals surface area contributed by atoms with Crippen molar-refractivity contribution >= 4 is 11.7 Å². The number of rotatable bonds is 2. The molecule has 14 heavy (non-hydrogen) atoms. The van der Waals surface area contributed by atoms with E-state index < -0.39 is 5.91 Å². The summed E-state index contributed by atoms with van der Waals surface area (Å²) in [7, 11) is 0. The van der Waals surface area contributed by atoms with E-state index in [1.165, 1.54) is 6.20 Å². The summed E-state index contributed by atoms with van der Waals surface area (Å²) >= 11 is 0. The molecule has 70 valence electrons. The Morgan fingerprint density at radius 3 is 3.00 bits per heavy atom. The van der Waals surface area contributed by atoms with Crippen LogP contribution in [-0.2, 0) is 0 Å². The Morgan fingerprint density at radius 2 is 2.36 bits per heavy atom. The van der Waals surface area contributed by atoms with Gasteiger partial charge in [-0.15, -0.1) is 15.3 Å². The Balaban J connectivity index is 2.10. The maximum atomic E-state index is 11.3. The van der Waals surface area contributed by atoms with E-state index in [0.29, 0.717) is 5.82 Å². The molecule has 0 fully saturated rings. The van der Waals surface area contributed by atoms with Gasteiger partial charge in [-0.05, 0) is 17.3 Å². The van der Waals surface area contributed by atoms with Crippen LogP contribution in [0.4, 0.5) is 5.82 Å². The number of anilines is 1. The first-order valence-electron chi connectivity index (χ1n) is 3.69. The van der Waals surface area contributed by atoms with Gasteiger partial charge in [-0.25, -0.2) is 0 Å². The number of hydrogen-bond donors (Lipinski definition) is 2. The van der Waals surface area contributed by atoms with Gasteiger partial charge in [-0.3, -0.25) is 4.79 Å². The van der Waals surface area contributed by atoms with E-state index in [4.69, 9.17) is 0 Å². The van der Waals surface area contributed by atoms with E-state index in [9.17, 15) is 4.79 Å². The van der Waals surface area contributed by atoms with Gasteiger partial charge in [0.15, 0.2) is 5.82 Å². The fourth-order valence-electron chi connectivity index (χ4n) is 0.798. The quantitative estimate of drug-likeness (QED) is 0.645. The lowest BCUT2D eigenvalue weighted by Crippen LogP contribution is -2.14. The number of hydrogen-bond acceptors (Lipinski definition) is 6. The third-order valence-corrected chi connectivity index (χ3v) is 1.36. The molecule has 8 nitrogen and oxygen atoms in total. The van der Waals surface area contributed by atoms with Gasteiger partial charge in [0.2, 0.25) is 0 Å². The molecular formula is C6H5N7O. The van der Waals surface area contributed by atoms with Crippen molar-refractivity contribution in [2.45, 2.75) is 0 Å². The molecule has 0 saturated carbocycles. The molecule has 2 N–H and O–H groups in total. The first kappa shape index (κ1) is 8.23. The molecule has 0 unspecified atom stereocenters. The van der Waals surface area contributed by atoms with Gasteiger partial charge in [0, 0.05) is 6.20 Å². The second kappa shape index (κ2) is 3.56. The number of carbonyl (C=O) groups excluding carboxylic acids is 1. The minimum Gasteiger partial charge on any atom is -0.302 e. The van der Waals surface area contributed by atoms with Gasteiger partial charge in [-0.1, -0.05) is 0 Å². The van der Waals surface area contributed by atoms with Crippen molar-refractivity contribution in [1.82, 2.24) is 30.8 Å². The number of aromatic amines is 1. The monoisotopic (exact) mass is 191 g/mol. The van der Waals surface area contributed by atoms with Crippen LogP contribution in [0.3, 0.4) is 0 Å². The van der Waals surface area contributed by atoms with Crippen molar-refractivity contribution in [3.8, 4) is 0 Å². The fourth-order valence-corrected chi connectivity index (χ4v) is 0.798. The molecule has 0 aliphatic rings. The van der Waals surface area contributed by atoms with Crippen LogP contribution in [0, 0.1) is 0 Å². The first-order valence-corrected chi connectivity index (χ1v) is 3.69. The van der Waals surface area contributed by atoms with Crippen LogP contribution in [0.1, 0.15) is 10.6 Å². The molecule has 0 atom stereocenters. The van der Waals surface area contributed by atoms with Crippen LogP contribution in [-0.4, -0.2) is 36.7 Å². The lowest BCUT2D eigenvalue weighted by molar-refractivity contribution is 0.101. The molecule has 0 saturated heterocycles. The van der Waals surface area contributed by atoms with Crippen molar-refractivity contribution in [2.75, 3.05) is 5.32 Å². The molecule has 2 aromatic heterocycles. The predicted molar refractivity (Wildman–Crippen MR) is 44.2 cm³/mol. The fraction of sp³-hybridized carbons (Fsp3) is 0. The largest absolute Gasteiger partial charge is 0.302 e. The molecule has 8 heteroatoms. The zero-order chi connectivity index (χ0) is 9.80. The number of carbonyl (C=O) groups is 1. The van der Waals surface area contributed by atoms with Crippen molar-refractivity contribution in [3.05, 3.63) is 24.2 Å². The van der Waals surface area contributed by atoms with Gasteiger partial charge in [0.1, 0.15) is 0 Å². The summed E-state index contributed by atoms with van der Waals surface area (Å²) in [4.78, 5) is 11.3. The number of nitrogens with zero attached hydrogens (tertiary/aromatic N) is 5. The number of aromatic nitrogens is 6. The number of tetrazole rings is 1. The van der Waals surface area contributed by atoms with E-state index in [1.807, 2.05) is 0 Å². The topological polar surface area (TPSA) is 109 Å². The van der Waals surface area contributed by atoms with Gasteiger partial charge >= 0.3 is 0 Å². The maximum absolute atomic E-state index is 11.3. The van der Waals surface area contributed by atoms with Crippen molar-refractivity contribution in [3.63, 3.8) is 0 Å². The number of amides is 1. The average Bonchev–Trinajstić information content (AvgIpc) is 2.72. The lowest BCUT2D eigenvalue weighted by atomic mass is 10.5. The molecule has 1 amide bonds. The van der Waals surface area contributed by atoms with E-state index in [-0.39, 0.29) is 5.82 Å². The number of H-pyrrole nitrogens is 1. The summed E-state index contributed by atoms with van der Waals surface area (Å²) in [6.45, 7) is 0. The van der Waals surface area contributed by atoms with Crippen LogP contribution < -0.4 is 5.32 Å². The third-order valence-electron chi connectivity index (χ3n) is 1.36. The molecular weight excluding hydrogens is 186 g/mol. The Bertz CT molecular complexity index is 411. The second-order valence-corrected chi connectivity index (χ2v) is 2.30. The maximum Gasteiger partial charge on any atom is 0.298 e. The average molecular weight is 191 g/mol. The first-order chi connectivity index (χ1) is 6.86. The molecule has 0 radical (unpaired) electrons. The zero-order valence-electron chi connectivity index (χ0n) is 6.88. The van der Waals surface area contributed by atoms with Crippen LogP contribution in [0.25, 0.3) is 0 Å². The van der Waals surface area contributed by atoms with Gasteiger partial charge in [0.05, 0.1) is 0 Å². The van der Waals surface area contributed by atoms with E-state index in [1.54, 1.807) is 12.1 Å². The van der Waals surface area contributed by atoms with E-state index in [0.717, 1.165) is 0 Å². The highest BCUT2D eigenvalue weighted by molar-refractivity contribution is 6.00. The molecule has 0 spiro atoms.